The standard InChI is InChI=1S/C20H22ClN3O3/c1-2-3-16-13-23(20(27)18-12-17(25)8-9-22-18)10-11-24(16)19(26)14-4-6-15(21)7-5-14/h4-9,12,16H,2-3,10-11,13H2,1H3,(H,22,25). The van der Waals surface area contributed by atoms with E-state index < -0.39 is 0 Å². The molecule has 1 unspecified atom stereocenters. The van der Waals surface area contributed by atoms with Gasteiger partial charge in [0.2, 0.25) is 0 Å². The first kappa shape index (κ1) is 19.2. The summed E-state index contributed by atoms with van der Waals surface area (Å²) in [6, 6.07) is 9.47. The quantitative estimate of drug-likeness (QED) is 0.876. The van der Waals surface area contributed by atoms with Crippen LogP contribution in [0.25, 0.3) is 0 Å². The predicted molar refractivity (Wildman–Crippen MR) is 104 cm³/mol. The van der Waals surface area contributed by atoms with E-state index in [2.05, 4.69) is 11.9 Å². The zero-order valence-corrected chi connectivity index (χ0v) is 15.9. The number of rotatable bonds is 4. The summed E-state index contributed by atoms with van der Waals surface area (Å²) in [5, 5.41) is 0.587. The van der Waals surface area contributed by atoms with Gasteiger partial charge in [-0.1, -0.05) is 24.9 Å². The van der Waals surface area contributed by atoms with Gasteiger partial charge in [0.05, 0.1) is 0 Å². The highest BCUT2D eigenvalue weighted by atomic mass is 35.5. The Hall–Kier alpha value is -2.60. The average Bonchev–Trinajstić information content (AvgIpc) is 2.68. The van der Waals surface area contributed by atoms with E-state index in [4.69, 9.17) is 11.6 Å². The first-order valence-electron chi connectivity index (χ1n) is 9.04. The minimum atomic E-state index is -0.215. The second-order valence-electron chi connectivity index (χ2n) is 6.64. The van der Waals surface area contributed by atoms with Crippen molar-refractivity contribution in [2.75, 3.05) is 19.6 Å². The molecule has 142 valence electrons. The second kappa shape index (κ2) is 8.39. The first-order valence-corrected chi connectivity index (χ1v) is 9.42. The number of H-pyrrole nitrogens is 1. The number of aromatic nitrogens is 1. The van der Waals surface area contributed by atoms with Crippen LogP contribution in [0.5, 0.6) is 0 Å². The largest absolute Gasteiger partial charge is 0.357 e. The molecule has 7 heteroatoms. The number of hydrogen-bond acceptors (Lipinski definition) is 3. The summed E-state index contributed by atoms with van der Waals surface area (Å²) in [7, 11) is 0. The molecule has 1 fully saturated rings. The number of nitrogens with zero attached hydrogens (tertiary/aromatic N) is 2. The van der Waals surface area contributed by atoms with Crippen molar-refractivity contribution in [2.45, 2.75) is 25.8 Å². The Labute approximate surface area is 162 Å². The van der Waals surface area contributed by atoms with E-state index in [1.165, 1.54) is 18.3 Å². The van der Waals surface area contributed by atoms with Crippen LogP contribution in [-0.2, 0) is 0 Å². The lowest BCUT2D eigenvalue weighted by molar-refractivity contribution is 0.0368. The zero-order valence-electron chi connectivity index (χ0n) is 15.2. The number of nitrogens with one attached hydrogen (secondary N) is 1. The molecule has 1 aliphatic heterocycles. The summed E-state index contributed by atoms with van der Waals surface area (Å²) in [6.45, 7) is 3.38. The Morgan fingerprint density at radius 2 is 1.89 bits per heavy atom. The van der Waals surface area contributed by atoms with E-state index >= 15 is 0 Å². The molecule has 0 spiro atoms. The van der Waals surface area contributed by atoms with Crippen LogP contribution < -0.4 is 5.43 Å². The maximum absolute atomic E-state index is 12.9. The fraction of sp³-hybridized carbons (Fsp3) is 0.350. The van der Waals surface area contributed by atoms with Crippen LogP contribution >= 0.6 is 11.6 Å². The van der Waals surface area contributed by atoms with Gasteiger partial charge in [-0.3, -0.25) is 14.4 Å². The average molecular weight is 388 g/mol. The molecule has 0 saturated carbocycles. The molecule has 2 amide bonds. The van der Waals surface area contributed by atoms with Crippen LogP contribution in [0.1, 0.15) is 40.6 Å². The molecule has 2 heterocycles. The predicted octanol–water partition coefficient (Wildman–Crippen LogP) is 2.80. The summed E-state index contributed by atoms with van der Waals surface area (Å²) in [6.07, 6.45) is 3.17. The zero-order chi connectivity index (χ0) is 19.4. The van der Waals surface area contributed by atoms with Gasteiger partial charge in [0.25, 0.3) is 11.8 Å². The molecule has 3 rings (SSSR count). The molecule has 1 N–H and O–H groups in total. The summed E-state index contributed by atoms with van der Waals surface area (Å²) in [5.41, 5.74) is 0.654. The molecule has 1 atom stereocenters. The molecule has 1 aromatic carbocycles. The molecule has 1 saturated heterocycles. The van der Waals surface area contributed by atoms with Crippen LogP contribution in [0.3, 0.4) is 0 Å². The number of carbonyl (C=O) groups is 2. The molecular formula is C20H22ClN3O3. The van der Waals surface area contributed by atoms with Crippen molar-refractivity contribution in [3.63, 3.8) is 0 Å². The monoisotopic (exact) mass is 387 g/mol. The Kier molecular flexibility index (Phi) is 5.96. The van der Waals surface area contributed by atoms with E-state index in [0.717, 1.165) is 12.8 Å². The van der Waals surface area contributed by atoms with Gasteiger partial charge in [-0.05, 0) is 30.7 Å². The summed E-state index contributed by atoms with van der Waals surface area (Å²) in [4.78, 5) is 43.5. The van der Waals surface area contributed by atoms with Gasteiger partial charge in [0.1, 0.15) is 5.69 Å². The molecule has 2 aromatic rings. The fourth-order valence-electron chi connectivity index (χ4n) is 3.39. The second-order valence-corrected chi connectivity index (χ2v) is 7.07. The molecular weight excluding hydrogens is 366 g/mol. The van der Waals surface area contributed by atoms with Crippen molar-refractivity contribution in [3.05, 3.63) is 69.1 Å². The number of amides is 2. The maximum atomic E-state index is 12.9. The van der Waals surface area contributed by atoms with E-state index in [1.807, 2.05) is 4.90 Å². The number of halogens is 1. The van der Waals surface area contributed by atoms with Crippen molar-refractivity contribution < 1.29 is 9.59 Å². The molecule has 0 radical (unpaired) electrons. The molecule has 6 nitrogen and oxygen atoms in total. The van der Waals surface area contributed by atoms with Crippen molar-refractivity contribution in [3.8, 4) is 0 Å². The normalized spacial score (nSPS) is 17.0. The van der Waals surface area contributed by atoms with Crippen molar-refractivity contribution in [2.24, 2.45) is 0 Å². The van der Waals surface area contributed by atoms with Gasteiger partial charge in [-0.2, -0.15) is 0 Å². The third kappa shape index (κ3) is 4.39. The number of carbonyl (C=O) groups excluding carboxylic acids is 2. The van der Waals surface area contributed by atoms with Crippen LogP contribution in [0.4, 0.5) is 0 Å². The Bertz CT molecular complexity index is 879. The molecule has 27 heavy (non-hydrogen) atoms. The van der Waals surface area contributed by atoms with Gasteiger partial charge in [0.15, 0.2) is 5.43 Å². The van der Waals surface area contributed by atoms with Crippen molar-refractivity contribution >= 4 is 23.4 Å². The van der Waals surface area contributed by atoms with E-state index in [-0.39, 0.29) is 29.0 Å². The number of pyridine rings is 1. The van der Waals surface area contributed by atoms with Crippen LogP contribution in [-0.4, -0.2) is 52.3 Å². The number of hydrogen-bond donors (Lipinski definition) is 1. The Morgan fingerprint density at radius 3 is 2.56 bits per heavy atom. The van der Waals surface area contributed by atoms with E-state index in [1.54, 1.807) is 29.2 Å². The lowest BCUT2D eigenvalue weighted by Crippen LogP contribution is -2.56. The lowest BCUT2D eigenvalue weighted by atomic mass is 10.0. The number of aromatic amines is 1. The minimum absolute atomic E-state index is 0.0506. The smallest absolute Gasteiger partial charge is 0.270 e. The summed E-state index contributed by atoms with van der Waals surface area (Å²) >= 11 is 5.91. The number of benzene rings is 1. The van der Waals surface area contributed by atoms with Crippen molar-refractivity contribution in [1.29, 1.82) is 0 Å². The highest BCUT2D eigenvalue weighted by Gasteiger charge is 2.33. The minimum Gasteiger partial charge on any atom is -0.357 e. The van der Waals surface area contributed by atoms with Crippen LogP contribution in [0, 0.1) is 0 Å². The van der Waals surface area contributed by atoms with Gasteiger partial charge in [-0.25, -0.2) is 0 Å². The summed E-state index contributed by atoms with van der Waals surface area (Å²) < 4.78 is 0. The van der Waals surface area contributed by atoms with Crippen LogP contribution in [0.15, 0.2) is 47.4 Å². The van der Waals surface area contributed by atoms with Gasteiger partial charge in [0, 0.05) is 54.6 Å². The van der Waals surface area contributed by atoms with Gasteiger partial charge < -0.3 is 14.8 Å². The molecule has 0 bridgehead atoms. The third-order valence-corrected chi connectivity index (χ3v) is 5.00. The highest BCUT2D eigenvalue weighted by Crippen LogP contribution is 2.20. The van der Waals surface area contributed by atoms with Gasteiger partial charge >= 0.3 is 0 Å². The summed E-state index contributed by atoms with van der Waals surface area (Å²) in [5.74, 6) is -0.266. The van der Waals surface area contributed by atoms with E-state index in [9.17, 15) is 14.4 Å². The molecule has 1 aromatic heterocycles. The lowest BCUT2D eigenvalue weighted by Gasteiger charge is -2.41. The topological polar surface area (TPSA) is 73.5 Å². The SMILES string of the molecule is CCCC1CN(C(=O)c2cc(=O)cc[nH]2)CCN1C(=O)c1ccc(Cl)cc1. The molecule has 1 aliphatic rings. The fourth-order valence-corrected chi connectivity index (χ4v) is 3.51. The first-order chi connectivity index (χ1) is 13.0. The Morgan fingerprint density at radius 1 is 1.15 bits per heavy atom. The number of piperazine rings is 1. The third-order valence-electron chi connectivity index (χ3n) is 4.75. The van der Waals surface area contributed by atoms with Crippen molar-refractivity contribution in [1.82, 2.24) is 14.8 Å². The van der Waals surface area contributed by atoms with Crippen LogP contribution in [0.2, 0.25) is 5.02 Å². The molecule has 0 aliphatic carbocycles. The maximum Gasteiger partial charge on any atom is 0.270 e. The Balaban J connectivity index is 1.76. The highest BCUT2D eigenvalue weighted by molar-refractivity contribution is 6.30. The van der Waals surface area contributed by atoms with Gasteiger partial charge in [-0.15, -0.1) is 0 Å². The van der Waals surface area contributed by atoms with E-state index in [0.29, 0.717) is 30.2 Å².